The molecule has 3 atom stereocenters. The maximum atomic E-state index is 13.7. The van der Waals surface area contributed by atoms with Gasteiger partial charge in [-0.2, -0.15) is 14.9 Å². The van der Waals surface area contributed by atoms with Crippen LogP contribution < -0.4 is 21.5 Å². The summed E-state index contributed by atoms with van der Waals surface area (Å²) in [5.41, 5.74) is 0.250. The van der Waals surface area contributed by atoms with Crippen molar-refractivity contribution in [2.45, 2.75) is 56.5 Å². The van der Waals surface area contributed by atoms with Crippen LogP contribution in [-0.4, -0.2) is 44.1 Å². The molecule has 3 N–H and O–H groups in total. The number of alkyl halides is 2. The monoisotopic (exact) mass is 496 g/mol. The number of fused-ring (bicyclic) bond motifs is 1. The quantitative estimate of drug-likeness (QED) is 0.477. The zero-order chi connectivity index (χ0) is 25.4. The normalized spacial score (nSPS) is 22.9. The second-order valence-electron chi connectivity index (χ2n) is 9.30. The third kappa shape index (κ3) is 4.25. The molecule has 0 spiro atoms. The van der Waals surface area contributed by atoms with Gasteiger partial charge >= 0.3 is 0 Å². The molecule has 0 saturated heterocycles. The van der Waals surface area contributed by atoms with Gasteiger partial charge in [-0.25, -0.2) is 13.8 Å². The summed E-state index contributed by atoms with van der Waals surface area (Å²) in [6, 6.07) is 6.06. The highest BCUT2D eigenvalue weighted by atomic mass is 19.3. The number of nitriles is 1. The fraction of sp³-hybridized carbons (Fsp3) is 0.458. The number of halogens is 2. The molecule has 0 aromatic carbocycles. The SMILES string of the molecule is CNc1cc(Nc2cccn([C@H]3CCC[C@@H](C#N)C3)c2=O)nc2c(C(=O)N[C@@H]3CCC3(F)F)cnn12. The highest BCUT2D eigenvalue weighted by Gasteiger charge is 2.49. The Morgan fingerprint density at radius 1 is 1.31 bits per heavy atom. The Labute approximate surface area is 205 Å². The number of carbonyl (C=O) groups excluding carboxylic acids is 1. The Balaban J connectivity index is 1.45. The van der Waals surface area contributed by atoms with Crippen molar-refractivity contribution < 1.29 is 13.6 Å². The highest BCUT2D eigenvalue weighted by Crippen LogP contribution is 2.37. The molecule has 0 unspecified atom stereocenters. The maximum absolute atomic E-state index is 13.7. The van der Waals surface area contributed by atoms with Crippen molar-refractivity contribution in [3.8, 4) is 6.07 Å². The van der Waals surface area contributed by atoms with Crippen molar-refractivity contribution in [2.24, 2.45) is 5.92 Å². The molecule has 2 aliphatic rings. The number of rotatable bonds is 6. The molecule has 3 heterocycles. The third-order valence-electron chi connectivity index (χ3n) is 7.01. The summed E-state index contributed by atoms with van der Waals surface area (Å²) in [5, 5.41) is 21.9. The van der Waals surface area contributed by atoms with Gasteiger partial charge in [-0.15, -0.1) is 0 Å². The van der Waals surface area contributed by atoms with E-state index in [9.17, 15) is 23.6 Å². The van der Waals surface area contributed by atoms with E-state index >= 15 is 0 Å². The van der Waals surface area contributed by atoms with Crippen molar-refractivity contribution >= 4 is 28.9 Å². The fourth-order valence-corrected chi connectivity index (χ4v) is 4.85. The summed E-state index contributed by atoms with van der Waals surface area (Å²) < 4.78 is 30.4. The minimum Gasteiger partial charge on any atom is -0.373 e. The molecular formula is C24H26F2N8O2. The van der Waals surface area contributed by atoms with E-state index in [1.54, 1.807) is 36.0 Å². The summed E-state index contributed by atoms with van der Waals surface area (Å²) in [5.74, 6) is -2.92. The number of amides is 1. The van der Waals surface area contributed by atoms with Gasteiger partial charge in [-0.3, -0.25) is 9.59 Å². The molecule has 0 aliphatic heterocycles. The number of aromatic nitrogens is 4. The van der Waals surface area contributed by atoms with E-state index in [0.717, 1.165) is 19.3 Å². The van der Waals surface area contributed by atoms with Crippen molar-refractivity contribution in [3.63, 3.8) is 0 Å². The first kappa shape index (κ1) is 23.7. The Hall–Kier alpha value is -4.01. The Morgan fingerprint density at radius 2 is 2.14 bits per heavy atom. The van der Waals surface area contributed by atoms with Gasteiger partial charge in [0.2, 0.25) is 0 Å². The van der Waals surface area contributed by atoms with Crippen molar-refractivity contribution in [1.29, 1.82) is 5.26 Å². The molecule has 3 aromatic rings. The van der Waals surface area contributed by atoms with Crippen LogP contribution >= 0.6 is 0 Å². The standard InChI is InChI=1S/C24H26F2N8O2/c1-28-20-11-19(30-17-6-3-9-33(23(17)36)15-5-2-4-14(10-15)12-27)32-21-16(13-29-34(20)21)22(35)31-18-7-8-24(18,25)26/h3,6,9,11,13-15,18,28H,2,4-5,7-8,10H2,1H3,(H,30,32)(H,31,35)/t14-,15+,18-/m1/s1. The lowest BCUT2D eigenvalue weighted by atomic mass is 9.86. The second kappa shape index (κ2) is 9.22. The summed E-state index contributed by atoms with van der Waals surface area (Å²) in [6.07, 6.45) is 6.14. The molecule has 2 fully saturated rings. The first-order valence-electron chi connectivity index (χ1n) is 11.9. The Morgan fingerprint density at radius 3 is 2.83 bits per heavy atom. The zero-order valence-corrected chi connectivity index (χ0v) is 19.7. The number of anilines is 3. The largest absolute Gasteiger partial charge is 0.373 e. The number of hydrogen-bond donors (Lipinski definition) is 3. The molecule has 0 radical (unpaired) electrons. The van der Waals surface area contributed by atoms with E-state index in [-0.39, 0.29) is 53.1 Å². The van der Waals surface area contributed by atoms with Crippen LogP contribution in [0.1, 0.15) is 54.9 Å². The molecule has 0 bridgehead atoms. The van der Waals surface area contributed by atoms with Crippen LogP contribution in [0.3, 0.4) is 0 Å². The Bertz CT molecular complexity index is 1410. The summed E-state index contributed by atoms with van der Waals surface area (Å²) in [4.78, 5) is 30.5. The van der Waals surface area contributed by atoms with E-state index in [2.05, 4.69) is 32.1 Å². The first-order chi connectivity index (χ1) is 17.3. The lowest BCUT2D eigenvalue weighted by molar-refractivity contribution is -0.102. The van der Waals surface area contributed by atoms with Gasteiger partial charge in [0.25, 0.3) is 17.4 Å². The Kier molecular flexibility index (Phi) is 6.07. The van der Waals surface area contributed by atoms with E-state index in [0.29, 0.717) is 12.2 Å². The fourth-order valence-electron chi connectivity index (χ4n) is 4.85. The van der Waals surface area contributed by atoms with Crippen LogP contribution in [0.2, 0.25) is 0 Å². The maximum Gasteiger partial charge on any atom is 0.274 e. The molecule has 2 saturated carbocycles. The van der Waals surface area contributed by atoms with Gasteiger partial charge in [0.15, 0.2) is 5.65 Å². The third-order valence-corrected chi connectivity index (χ3v) is 7.01. The smallest absolute Gasteiger partial charge is 0.274 e. The van der Waals surface area contributed by atoms with Crippen molar-refractivity contribution in [1.82, 2.24) is 24.5 Å². The molecule has 12 heteroatoms. The minimum absolute atomic E-state index is 0.0491. The highest BCUT2D eigenvalue weighted by molar-refractivity contribution is 6.00. The molecule has 36 heavy (non-hydrogen) atoms. The van der Waals surface area contributed by atoms with E-state index in [1.807, 2.05) is 0 Å². The molecule has 188 valence electrons. The number of nitrogens with zero attached hydrogens (tertiary/aromatic N) is 5. The van der Waals surface area contributed by atoms with Crippen molar-refractivity contribution in [2.75, 3.05) is 17.7 Å². The van der Waals surface area contributed by atoms with Crippen LogP contribution in [0.25, 0.3) is 5.65 Å². The van der Waals surface area contributed by atoms with Crippen molar-refractivity contribution in [3.05, 3.63) is 46.5 Å². The predicted molar refractivity (Wildman–Crippen MR) is 129 cm³/mol. The van der Waals surface area contributed by atoms with Crippen LogP contribution in [0.5, 0.6) is 0 Å². The molecule has 10 nitrogen and oxygen atoms in total. The van der Waals surface area contributed by atoms with Gasteiger partial charge in [0.05, 0.1) is 18.3 Å². The number of pyridine rings is 1. The van der Waals surface area contributed by atoms with Gasteiger partial charge in [0, 0.05) is 37.7 Å². The van der Waals surface area contributed by atoms with Gasteiger partial charge in [-0.05, 0) is 37.8 Å². The van der Waals surface area contributed by atoms with Gasteiger partial charge in [-0.1, -0.05) is 6.42 Å². The van der Waals surface area contributed by atoms with Crippen LogP contribution in [0.15, 0.2) is 35.4 Å². The molecule has 3 aromatic heterocycles. The molecule has 2 aliphatic carbocycles. The topological polar surface area (TPSA) is 129 Å². The first-order valence-corrected chi connectivity index (χ1v) is 11.9. The van der Waals surface area contributed by atoms with E-state index in [1.165, 1.54) is 10.7 Å². The van der Waals surface area contributed by atoms with Gasteiger partial charge < -0.3 is 20.5 Å². The summed E-state index contributed by atoms with van der Waals surface area (Å²) in [6.45, 7) is 0. The van der Waals surface area contributed by atoms with Crippen LogP contribution in [0.4, 0.5) is 26.1 Å². The van der Waals surface area contributed by atoms with Crippen LogP contribution in [-0.2, 0) is 0 Å². The predicted octanol–water partition coefficient (Wildman–Crippen LogP) is 3.46. The lowest BCUT2D eigenvalue weighted by Crippen LogP contribution is -2.55. The zero-order valence-electron chi connectivity index (χ0n) is 19.7. The number of carbonyl (C=O) groups is 1. The lowest BCUT2D eigenvalue weighted by Gasteiger charge is -2.36. The second-order valence-corrected chi connectivity index (χ2v) is 9.30. The number of nitrogens with one attached hydrogen (secondary N) is 3. The van der Waals surface area contributed by atoms with E-state index < -0.39 is 17.9 Å². The van der Waals surface area contributed by atoms with Crippen LogP contribution in [0, 0.1) is 17.2 Å². The minimum atomic E-state index is -2.92. The average Bonchev–Trinajstić information content (AvgIpc) is 3.31. The summed E-state index contributed by atoms with van der Waals surface area (Å²) >= 11 is 0. The molecule has 1 amide bonds. The molecule has 5 rings (SSSR count). The van der Waals surface area contributed by atoms with E-state index in [4.69, 9.17) is 0 Å². The summed E-state index contributed by atoms with van der Waals surface area (Å²) in [7, 11) is 1.67. The average molecular weight is 497 g/mol. The van der Waals surface area contributed by atoms with Gasteiger partial charge in [0.1, 0.15) is 22.9 Å². The molecular weight excluding hydrogens is 470 g/mol. The number of hydrogen-bond acceptors (Lipinski definition) is 7.